The van der Waals surface area contributed by atoms with E-state index >= 15 is 0 Å². The molecule has 0 bridgehead atoms. The number of hydrogen-bond acceptors (Lipinski definition) is 8. The van der Waals surface area contributed by atoms with Crippen molar-refractivity contribution >= 4 is 11.9 Å². The number of nitrogens with one attached hydrogen (secondary N) is 1. The lowest BCUT2D eigenvalue weighted by Crippen LogP contribution is -2.27. The molecule has 8 heteroatoms. The van der Waals surface area contributed by atoms with Crippen molar-refractivity contribution in [2.45, 2.75) is 19.8 Å². The third kappa shape index (κ3) is 4.21. The van der Waals surface area contributed by atoms with Crippen molar-refractivity contribution in [3.8, 4) is 17.2 Å². The number of ether oxygens (including phenoxy) is 5. The predicted octanol–water partition coefficient (Wildman–Crippen LogP) is 2.29. The minimum atomic E-state index is -0.769. The van der Waals surface area contributed by atoms with Gasteiger partial charge in [0.25, 0.3) is 0 Å². The van der Waals surface area contributed by atoms with E-state index in [9.17, 15) is 9.59 Å². The number of benzene rings is 1. The topological polar surface area (TPSA) is 92.3 Å². The van der Waals surface area contributed by atoms with E-state index in [-0.39, 0.29) is 24.4 Å². The summed E-state index contributed by atoms with van der Waals surface area (Å²) >= 11 is 0. The minimum Gasteiger partial charge on any atom is -0.496 e. The molecule has 1 aromatic rings. The van der Waals surface area contributed by atoms with Gasteiger partial charge >= 0.3 is 11.9 Å². The van der Waals surface area contributed by atoms with Crippen LogP contribution in [0.15, 0.2) is 35.7 Å². The Morgan fingerprint density at radius 3 is 1.71 bits per heavy atom. The molecule has 1 N–H and O–H groups in total. The molecule has 0 fully saturated rings. The molecule has 0 spiro atoms. The van der Waals surface area contributed by atoms with Crippen LogP contribution in [0.3, 0.4) is 0 Å². The number of carbonyl (C=O) groups is 2. The zero-order chi connectivity index (χ0) is 20.7. The summed E-state index contributed by atoms with van der Waals surface area (Å²) in [4.78, 5) is 25.2. The van der Waals surface area contributed by atoms with Gasteiger partial charge in [0.05, 0.1) is 51.6 Å². The molecule has 2 rings (SSSR count). The minimum absolute atomic E-state index is 0.199. The molecule has 0 radical (unpaired) electrons. The Bertz CT molecular complexity index is 764. The number of carbonyl (C=O) groups excluding carboxylic acids is 2. The summed E-state index contributed by atoms with van der Waals surface area (Å²) in [6, 6.07) is 3.32. The van der Waals surface area contributed by atoms with E-state index in [1.165, 1.54) is 33.7 Å². The van der Waals surface area contributed by atoms with Gasteiger partial charge in [-0.15, -0.1) is 0 Å². The van der Waals surface area contributed by atoms with Gasteiger partial charge in [0, 0.05) is 24.0 Å². The van der Waals surface area contributed by atoms with E-state index in [1.54, 1.807) is 26.0 Å². The zero-order valence-corrected chi connectivity index (χ0v) is 16.7. The van der Waals surface area contributed by atoms with Gasteiger partial charge in [-0.05, 0) is 19.9 Å². The van der Waals surface area contributed by atoms with Crippen LogP contribution in [0.2, 0.25) is 0 Å². The van der Waals surface area contributed by atoms with Crippen molar-refractivity contribution in [3.05, 3.63) is 41.2 Å². The van der Waals surface area contributed by atoms with Gasteiger partial charge < -0.3 is 29.0 Å². The first-order chi connectivity index (χ1) is 13.5. The van der Waals surface area contributed by atoms with Crippen LogP contribution >= 0.6 is 0 Å². The molecule has 8 nitrogen and oxygen atoms in total. The van der Waals surface area contributed by atoms with E-state index in [4.69, 9.17) is 23.7 Å². The Morgan fingerprint density at radius 1 is 0.821 bits per heavy atom. The Kier molecular flexibility index (Phi) is 7.31. The van der Waals surface area contributed by atoms with Crippen molar-refractivity contribution in [3.63, 3.8) is 0 Å². The summed E-state index contributed by atoms with van der Waals surface area (Å²) in [7, 11) is 4.50. The molecule has 0 unspecified atom stereocenters. The average Bonchev–Trinajstić information content (AvgIpc) is 2.72. The molecular weight excluding hydrogens is 366 g/mol. The van der Waals surface area contributed by atoms with Crippen LogP contribution in [0.1, 0.15) is 25.3 Å². The Hall–Kier alpha value is -3.16. The molecule has 0 aromatic heterocycles. The van der Waals surface area contributed by atoms with Crippen LogP contribution in [0, 0.1) is 0 Å². The molecule has 0 aliphatic carbocycles. The second-order valence-corrected chi connectivity index (χ2v) is 5.69. The standard InChI is InChI=1S/C20H25NO7/c1-6-27-19(22)13-10-21-11-14(20(23)28-7-2)18(13)12-8-16(25-4)17(26-5)9-15(12)24-3/h8-11,18,21H,6-7H2,1-5H3. The summed E-state index contributed by atoms with van der Waals surface area (Å²) in [5, 5.41) is 2.83. The van der Waals surface area contributed by atoms with Gasteiger partial charge in [0.2, 0.25) is 0 Å². The Morgan fingerprint density at radius 2 is 1.29 bits per heavy atom. The van der Waals surface area contributed by atoms with Crippen molar-refractivity contribution in [1.82, 2.24) is 5.32 Å². The average molecular weight is 391 g/mol. The van der Waals surface area contributed by atoms with Gasteiger partial charge in [-0.1, -0.05) is 0 Å². The summed E-state index contributed by atoms with van der Waals surface area (Å²) in [5.41, 5.74) is 1.04. The van der Waals surface area contributed by atoms with Crippen LogP contribution < -0.4 is 19.5 Å². The fourth-order valence-electron chi connectivity index (χ4n) is 2.95. The van der Waals surface area contributed by atoms with E-state index in [0.717, 1.165) is 0 Å². The van der Waals surface area contributed by atoms with Crippen LogP contribution in [0.4, 0.5) is 0 Å². The third-order valence-corrected chi connectivity index (χ3v) is 4.17. The highest BCUT2D eigenvalue weighted by Crippen LogP contribution is 2.44. The Balaban J connectivity index is 2.66. The van der Waals surface area contributed by atoms with E-state index in [2.05, 4.69) is 5.32 Å². The second kappa shape index (κ2) is 9.68. The van der Waals surface area contributed by atoms with Gasteiger partial charge in [-0.2, -0.15) is 0 Å². The van der Waals surface area contributed by atoms with Crippen molar-refractivity contribution in [2.24, 2.45) is 0 Å². The van der Waals surface area contributed by atoms with Gasteiger partial charge in [-0.25, -0.2) is 9.59 Å². The first-order valence-corrected chi connectivity index (χ1v) is 8.82. The van der Waals surface area contributed by atoms with Crippen LogP contribution in [0.5, 0.6) is 17.2 Å². The molecule has 1 aliphatic heterocycles. The lowest BCUT2D eigenvalue weighted by molar-refractivity contribution is -0.139. The van der Waals surface area contributed by atoms with Crippen molar-refractivity contribution in [2.75, 3.05) is 34.5 Å². The number of methoxy groups -OCH3 is 3. The van der Waals surface area contributed by atoms with E-state index in [0.29, 0.717) is 22.8 Å². The highest BCUT2D eigenvalue weighted by Gasteiger charge is 2.36. The smallest absolute Gasteiger partial charge is 0.336 e. The molecule has 0 atom stereocenters. The largest absolute Gasteiger partial charge is 0.496 e. The first-order valence-electron chi connectivity index (χ1n) is 8.82. The van der Waals surface area contributed by atoms with Crippen LogP contribution in [-0.2, 0) is 19.1 Å². The maximum atomic E-state index is 12.6. The maximum absolute atomic E-state index is 12.6. The molecule has 28 heavy (non-hydrogen) atoms. The zero-order valence-electron chi connectivity index (χ0n) is 16.7. The van der Waals surface area contributed by atoms with Gasteiger partial charge in [0.1, 0.15) is 5.75 Å². The molecule has 0 amide bonds. The fraction of sp³-hybridized carbons (Fsp3) is 0.400. The lowest BCUT2D eigenvalue weighted by atomic mass is 9.83. The monoisotopic (exact) mass is 391 g/mol. The van der Waals surface area contributed by atoms with Crippen molar-refractivity contribution in [1.29, 1.82) is 0 Å². The summed E-state index contributed by atoms with van der Waals surface area (Å²) < 4.78 is 26.6. The summed E-state index contributed by atoms with van der Waals surface area (Å²) in [6.45, 7) is 3.82. The molecular formula is C20H25NO7. The van der Waals surface area contributed by atoms with Crippen molar-refractivity contribution < 1.29 is 33.3 Å². The molecule has 0 saturated carbocycles. The SMILES string of the molecule is CCOC(=O)C1=CNC=C(C(=O)OCC)C1c1cc(OC)c(OC)cc1OC. The van der Waals surface area contributed by atoms with E-state index in [1.807, 2.05) is 0 Å². The van der Waals surface area contributed by atoms with Crippen LogP contribution in [-0.4, -0.2) is 46.5 Å². The first kappa shape index (κ1) is 21.1. The second-order valence-electron chi connectivity index (χ2n) is 5.69. The molecule has 1 aromatic carbocycles. The van der Waals surface area contributed by atoms with Gasteiger partial charge in [0.15, 0.2) is 11.5 Å². The number of dihydropyridines is 1. The third-order valence-electron chi connectivity index (χ3n) is 4.17. The Labute approximate surface area is 164 Å². The number of rotatable bonds is 8. The lowest BCUT2D eigenvalue weighted by Gasteiger charge is -2.27. The summed E-state index contributed by atoms with van der Waals surface area (Å²) in [6.07, 6.45) is 3.00. The van der Waals surface area contributed by atoms with Gasteiger partial charge in [-0.3, -0.25) is 0 Å². The number of esters is 2. The number of hydrogen-bond donors (Lipinski definition) is 1. The van der Waals surface area contributed by atoms with E-state index < -0.39 is 17.9 Å². The maximum Gasteiger partial charge on any atom is 0.336 e. The molecule has 0 saturated heterocycles. The predicted molar refractivity (Wildman–Crippen MR) is 101 cm³/mol. The summed E-state index contributed by atoms with van der Waals surface area (Å²) in [5.74, 6) is -0.550. The highest BCUT2D eigenvalue weighted by atomic mass is 16.5. The fourth-order valence-corrected chi connectivity index (χ4v) is 2.95. The molecule has 1 aliphatic rings. The quantitative estimate of drug-likeness (QED) is 0.675. The normalized spacial score (nSPS) is 13.6. The van der Waals surface area contributed by atoms with Crippen LogP contribution in [0.25, 0.3) is 0 Å². The highest BCUT2D eigenvalue weighted by molar-refractivity contribution is 5.99. The molecule has 1 heterocycles. The molecule has 152 valence electrons.